The molecule has 27 heavy (non-hydrogen) atoms. The maximum Gasteiger partial charge on any atom is 0.331 e. The van der Waals surface area contributed by atoms with Crippen LogP contribution in [-0.4, -0.2) is 23.5 Å². The summed E-state index contributed by atoms with van der Waals surface area (Å²) in [6.07, 6.45) is 2.56. The lowest BCUT2D eigenvalue weighted by Crippen LogP contribution is -2.31. The Bertz CT molecular complexity index is 963. The van der Waals surface area contributed by atoms with Crippen molar-refractivity contribution in [3.63, 3.8) is 0 Å². The van der Waals surface area contributed by atoms with Crippen molar-refractivity contribution in [2.75, 3.05) is 6.61 Å². The number of nitrogens with zero attached hydrogens (tertiary/aromatic N) is 1. The Kier molecular flexibility index (Phi) is 5.88. The normalized spacial score (nSPS) is 12.2. The average Bonchev–Trinajstić information content (AvgIpc) is 3.08. The standard InChI is InChI=1S/C20H17ClN2O4/c1-13(14-6-2-3-7-15(14)21)22-18(24)12-26-20(25)11-10-19-23-16-8-4-5-9-17(16)27-19/h2-11,13H,12H2,1H3,(H,22,24)/b11-10+/t13-/m0/s1. The number of carbonyl (C=O) groups is 2. The third kappa shape index (κ3) is 4.95. The van der Waals surface area contributed by atoms with Crippen LogP contribution in [0.1, 0.15) is 24.4 Å². The number of benzene rings is 2. The minimum absolute atomic E-state index is 0.282. The van der Waals surface area contributed by atoms with Crippen molar-refractivity contribution in [1.82, 2.24) is 10.3 Å². The highest BCUT2D eigenvalue weighted by molar-refractivity contribution is 6.31. The third-order valence-corrected chi connectivity index (χ3v) is 4.11. The quantitative estimate of drug-likeness (QED) is 0.514. The van der Waals surface area contributed by atoms with Gasteiger partial charge in [0, 0.05) is 17.2 Å². The van der Waals surface area contributed by atoms with E-state index in [9.17, 15) is 9.59 Å². The molecule has 3 rings (SSSR count). The fraction of sp³-hybridized carbons (Fsp3) is 0.150. The number of rotatable bonds is 6. The highest BCUT2D eigenvalue weighted by Gasteiger charge is 2.13. The van der Waals surface area contributed by atoms with Crippen molar-refractivity contribution >= 4 is 40.7 Å². The molecule has 0 aliphatic carbocycles. The van der Waals surface area contributed by atoms with Crippen LogP contribution < -0.4 is 5.32 Å². The van der Waals surface area contributed by atoms with Gasteiger partial charge in [0.25, 0.3) is 5.91 Å². The number of ether oxygens (including phenoxy) is 1. The molecule has 7 heteroatoms. The van der Waals surface area contributed by atoms with Crippen LogP contribution in [0, 0.1) is 0 Å². The topological polar surface area (TPSA) is 81.4 Å². The van der Waals surface area contributed by atoms with Crippen molar-refractivity contribution in [3.8, 4) is 0 Å². The van der Waals surface area contributed by atoms with Crippen LogP contribution in [0.4, 0.5) is 0 Å². The van der Waals surface area contributed by atoms with E-state index in [1.807, 2.05) is 30.3 Å². The monoisotopic (exact) mass is 384 g/mol. The molecule has 0 saturated heterocycles. The molecule has 1 aromatic heterocycles. The second-order valence-corrected chi connectivity index (χ2v) is 6.18. The summed E-state index contributed by atoms with van der Waals surface area (Å²) < 4.78 is 10.4. The number of oxazole rings is 1. The molecule has 1 amide bonds. The molecule has 0 fully saturated rings. The number of amides is 1. The number of carbonyl (C=O) groups excluding carboxylic acids is 2. The van der Waals surface area contributed by atoms with E-state index in [0.717, 1.165) is 11.6 Å². The summed E-state index contributed by atoms with van der Waals surface area (Å²) in [6.45, 7) is 1.40. The Balaban J connectivity index is 1.49. The first-order valence-electron chi connectivity index (χ1n) is 8.27. The fourth-order valence-corrected chi connectivity index (χ4v) is 2.77. The molecule has 2 aromatic carbocycles. The van der Waals surface area contributed by atoms with Gasteiger partial charge in [0.2, 0.25) is 5.89 Å². The number of para-hydroxylation sites is 2. The minimum Gasteiger partial charge on any atom is -0.452 e. The van der Waals surface area contributed by atoms with E-state index in [1.165, 1.54) is 6.08 Å². The Hall–Kier alpha value is -3.12. The van der Waals surface area contributed by atoms with Crippen LogP contribution in [0.15, 0.2) is 59.0 Å². The molecule has 0 unspecified atom stereocenters. The number of fused-ring (bicyclic) bond motifs is 1. The van der Waals surface area contributed by atoms with Gasteiger partial charge in [-0.3, -0.25) is 4.79 Å². The zero-order chi connectivity index (χ0) is 19.2. The number of esters is 1. The van der Waals surface area contributed by atoms with Crippen molar-refractivity contribution in [1.29, 1.82) is 0 Å². The van der Waals surface area contributed by atoms with Crippen molar-refractivity contribution in [2.45, 2.75) is 13.0 Å². The van der Waals surface area contributed by atoms with E-state index in [2.05, 4.69) is 10.3 Å². The molecule has 0 radical (unpaired) electrons. The smallest absolute Gasteiger partial charge is 0.331 e. The van der Waals surface area contributed by atoms with Gasteiger partial charge < -0.3 is 14.5 Å². The number of hydrogen-bond donors (Lipinski definition) is 1. The second kappa shape index (κ2) is 8.51. The van der Waals surface area contributed by atoms with Crippen LogP contribution in [-0.2, 0) is 14.3 Å². The van der Waals surface area contributed by atoms with Crippen LogP contribution >= 0.6 is 11.6 Å². The van der Waals surface area contributed by atoms with Crippen LogP contribution in [0.2, 0.25) is 5.02 Å². The molecule has 0 spiro atoms. The Morgan fingerprint density at radius 1 is 1.22 bits per heavy atom. The number of aromatic nitrogens is 1. The summed E-state index contributed by atoms with van der Waals surface area (Å²) in [6, 6.07) is 14.2. The largest absolute Gasteiger partial charge is 0.452 e. The zero-order valence-corrected chi connectivity index (χ0v) is 15.3. The fourth-order valence-electron chi connectivity index (χ4n) is 2.47. The maximum atomic E-state index is 11.9. The van der Waals surface area contributed by atoms with E-state index < -0.39 is 18.5 Å². The molecule has 138 valence electrons. The molecule has 1 N–H and O–H groups in total. The van der Waals surface area contributed by atoms with Crippen LogP contribution in [0.25, 0.3) is 17.2 Å². The third-order valence-electron chi connectivity index (χ3n) is 3.77. The Morgan fingerprint density at radius 2 is 1.96 bits per heavy atom. The average molecular weight is 385 g/mol. The zero-order valence-electron chi connectivity index (χ0n) is 14.5. The first kappa shape index (κ1) is 18.7. The summed E-state index contributed by atoms with van der Waals surface area (Å²) in [5, 5.41) is 3.29. The first-order valence-corrected chi connectivity index (χ1v) is 8.65. The number of nitrogens with one attached hydrogen (secondary N) is 1. The van der Waals surface area contributed by atoms with Crippen molar-refractivity contribution in [3.05, 3.63) is 71.1 Å². The van der Waals surface area contributed by atoms with Gasteiger partial charge in [-0.2, -0.15) is 0 Å². The lowest BCUT2D eigenvalue weighted by Gasteiger charge is -2.15. The summed E-state index contributed by atoms with van der Waals surface area (Å²) in [5.74, 6) is -0.811. The SMILES string of the molecule is C[C@H](NC(=O)COC(=O)/C=C/c1nc2ccccc2o1)c1ccccc1Cl. The molecule has 0 saturated carbocycles. The van der Waals surface area contributed by atoms with E-state index in [0.29, 0.717) is 16.1 Å². The van der Waals surface area contributed by atoms with E-state index in [-0.39, 0.29) is 11.9 Å². The van der Waals surface area contributed by atoms with Gasteiger partial charge in [-0.1, -0.05) is 41.9 Å². The molecule has 0 aliphatic rings. The van der Waals surface area contributed by atoms with Crippen molar-refractivity contribution < 1.29 is 18.7 Å². The number of hydrogen-bond acceptors (Lipinski definition) is 5. The summed E-state index contributed by atoms with van der Waals surface area (Å²) in [5.41, 5.74) is 2.10. The number of halogens is 1. The van der Waals surface area contributed by atoms with Crippen LogP contribution in [0.3, 0.4) is 0 Å². The summed E-state index contributed by atoms with van der Waals surface area (Å²) in [7, 11) is 0. The van der Waals surface area contributed by atoms with E-state index in [1.54, 1.807) is 25.1 Å². The van der Waals surface area contributed by atoms with Gasteiger partial charge in [-0.05, 0) is 30.7 Å². The minimum atomic E-state index is -0.669. The Labute approximate surface area is 160 Å². The predicted octanol–water partition coefficient (Wildman–Crippen LogP) is 3.92. The lowest BCUT2D eigenvalue weighted by molar-refractivity contribution is -0.144. The maximum absolute atomic E-state index is 11.9. The second-order valence-electron chi connectivity index (χ2n) is 5.77. The molecule has 1 atom stereocenters. The molecule has 0 aliphatic heterocycles. The van der Waals surface area contributed by atoms with Crippen LogP contribution in [0.5, 0.6) is 0 Å². The Morgan fingerprint density at radius 3 is 2.74 bits per heavy atom. The van der Waals surface area contributed by atoms with Gasteiger partial charge in [0.1, 0.15) is 5.52 Å². The molecule has 0 bridgehead atoms. The highest BCUT2D eigenvalue weighted by atomic mass is 35.5. The highest BCUT2D eigenvalue weighted by Crippen LogP contribution is 2.22. The summed E-state index contributed by atoms with van der Waals surface area (Å²) >= 11 is 6.10. The predicted molar refractivity (Wildman–Crippen MR) is 102 cm³/mol. The van der Waals surface area contributed by atoms with Gasteiger partial charge in [-0.25, -0.2) is 9.78 Å². The van der Waals surface area contributed by atoms with E-state index in [4.69, 9.17) is 20.8 Å². The lowest BCUT2D eigenvalue weighted by atomic mass is 10.1. The first-order chi connectivity index (χ1) is 13.0. The van der Waals surface area contributed by atoms with Gasteiger partial charge in [0.15, 0.2) is 12.2 Å². The molecular weight excluding hydrogens is 368 g/mol. The van der Waals surface area contributed by atoms with E-state index >= 15 is 0 Å². The molecule has 3 aromatic rings. The van der Waals surface area contributed by atoms with Gasteiger partial charge in [0.05, 0.1) is 6.04 Å². The van der Waals surface area contributed by atoms with Gasteiger partial charge in [-0.15, -0.1) is 0 Å². The molecular formula is C20H17ClN2O4. The van der Waals surface area contributed by atoms with Gasteiger partial charge >= 0.3 is 5.97 Å². The van der Waals surface area contributed by atoms with Crippen molar-refractivity contribution in [2.24, 2.45) is 0 Å². The summed E-state index contributed by atoms with van der Waals surface area (Å²) in [4.78, 5) is 27.9. The molecule has 1 heterocycles. The molecule has 6 nitrogen and oxygen atoms in total.